The largest absolute Gasteiger partial charge is 0.383 e. The van der Waals surface area contributed by atoms with Crippen LogP contribution in [0.5, 0.6) is 0 Å². The van der Waals surface area contributed by atoms with Crippen LogP contribution in [-0.2, 0) is 0 Å². The van der Waals surface area contributed by atoms with Gasteiger partial charge in [0.05, 0.1) is 16.8 Å². The number of piperidine rings is 1. The number of halogens is 1. The van der Waals surface area contributed by atoms with Crippen molar-refractivity contribution in [2.45, 2.75) is 26.7 Å². The number of fused-ring (bicyclic) bond motifs is 1. The number of benzene rings is 2. The molecule has 7 heteroatoms. The molecule has 0 aliphatic carbocycles. The molecule has 3 heterocycles. The Balaban J connectivity index is 1.73. The first-order chi connectivity index (χ1) is 15.0. The summed E-state index contributed by atoms with van der Waals surface area (Å²) < 4.78 is 15.8. The van der Waals surface area contributed by atoms with Crippen molar-refractivity contribution in [3.63, 3.8) is 0 Å². The minimum absolute atomic E-state index is 0.317. The molecule has 1 fully saturated rings. The molecule has 0 unspecified atom stereocenters. The number of hydrogen-bond donors (Lipinski definition) is 1. The average molecular weight is 417 g/mol. The fourth-order valence-corrected chi connectivity index (χ4v) is 4.15. The van der Waals surface area contributed by atoms with Gasteiger partial charge in [0, 0.05) is 18.7 Å². The maximum absolute atomic E-state index is 14.1. The number of aromatic nitrogens is 4. The quantitative estimate of drug-likeness (QED) is 0.522. The van der Waals surface area contributed by atoms with Crippen molar-refractivity contribution in [1.29, 1.82) is 0 Å². The van der Waals surface area contributed by atoms with Crippen LogP contribution in [0, 0.1) is 18.7 Å². The topological polar surface area (TPSA) is 72.9 Å². The van der Waals surface area contributed by atoms with Crippen LogP contribution >= 0.6 is 0 Å². The van der Waals surface area contributed by atoms with E-state index in [0.717, 1.165) is 37.2 Å². The Morgan fingerprint density at radius 2 is 1.81 bits per heavy atom. The van der Waals surface area contributed by atoms with Gasteiger partial charge in [-0.05, 0) is 55.5 Å². The maximum atomic E-state index is 14.1. The standard InChI is InChI=1S/C24H25FN6/c1-15-9-11-30(12-10-15)24-27-21(17-6-4-7-18(25)14-17)20-22(26)31(29-23(20)28-24)19-8-3-5-16(2)13-19/h3-8,13-15H,9-12,26H2,1-2H3. The lowest BCUT2D eigenvalue weighted by molar-refractivity contribution is 0.435. The van der Waals surface area contributed by atoms with Gasteiger partial charge in [0.1, 0.15) is 11.6 Å². The first kappa shape index (κ1) is 19.5. The monoisotopic (exact) mass is 416 g/mol. The van der Waals surface area contributed by atoms with Crippen LogP contribution < -0.4 is 10.6 Å². The summed E-state index contributed by atoms with van der Waals surface area (Å²) in [6.07, 6.45) is 2.19. The molecule has 2 aromatic carbocycles. The van der Waals surface area contributed by atoms with Crippen LogP contribution in [0.1, 0.15) is 25.3 Å². The minimum atomic E-state index is -0.317. The molecular formula is C24H25FN6. The molecule has 5 rings (SSSR count). The molecule has 0 amide bonds. The van der Waals surface area contributed by atoms with Crippen molar-refractivity contribution >= 4 is 22.8 Å². The fourth-order valence-electron chi connectivity index (χ4n) is 4.15. The summed E-state index contributed by atoms with van der Waals surface area (Å²) in [5.74, 6) is 1.44. The summed E-state index contributed by atoms with van der Waals surface area (Å²) in [5, 5.41) is 5.36. The summed E-state index contributed by atoms with van der Waals surface area (Å²) in [7, 11) is 0. The van der Waals surface area contributed by atoms with Crippen molar-refractivity contribution in [3.05, 3.63) is 59.9 Å². The third-order valence-electron chi connectivity index (χ3n) is 5.97. The van der Waals surface area contributed by atoms with Gasteiger partial charge >= 0.3 is 0 Å². The molecule has 1 aliphatic heterocycles. The number of aryl methyl sites for hydroxylation is 1. The van der Waals surface area contributed by atoms with E-state index in [1.54, 1.807) is 10.7 Å². The van der Waals surface area contributed by atoms with E-state index in [0.29, 0.717) is 40.0 Å². The highest BCUT2D eigenvalue weighted by Gasteiger charge is 2.23. The second kappa shape index (κ2) is 7.65. The van der Waals surface area contributed by atoms with E-state index in [2.05, 4.69) is 11.8 Å². The molecule has 0 spiro atoms. The van der Waals surface area contributed by atoms with Crippen molar-refractivity contribution in [1.82, 2.24) is 19.7 Å². The van der Waals surface area contributed by atoms with Crippen molar-refractivity contribution in [2.24, 2.45) is 5.92 Å². The number of nitrogens with zero attached hydrogens (tertiary/aromatic N) is 5. The normalized spacial score (nSPS) is 15.0. The summed E-state index contributed by atoms with van der Waals surface area (Å²) in [4.78, 5) is 11.8. The van der Waals surface area contributed by atoms with Gasteiger partial charge in [-0.3, -0.25) is 0 Å². The molecule has 0 radical (unpaired) electrons. The van der Waals surface area contributed by atoms with Crippen LogP contribution in [-0.4, -0.2) is 32.8 Å². The average Bonchev–Trinajstić information content (AvgIpc) is 3.10. The first-order valence-electron chi connectivity index (χ1n) is 10.6. The predicted molar refractivity (Wildman–Crippen MR) is 122 cm³/mol. The lowest BCUT2D eigenvalue weighted by atomic mass is 9.99. The van der Waals surface area contributed by atoms with E-state index in [4.69, 9.17) is 20.8 Å². The Labute approximate surface area is 180 Å². The molecule has 1 saturated heterocycles. The fraction of sp³-hybridized carbons (Fsp3) is 0.292. The van der Waals surface area contributed by atoms with Crippen LogP contribution in [0.4, 0.5) is 16.2 Å². The Kier molecular flexibility index (Phi) is 4.81. The van der Waals surface area contributed by atoms with Gasteiger partial charge < -0.3 is 10.6 Å². The van der Waals surface area contributed by atoms with E-state index >= 15 is 0 Å². The Morgan fingerprint density at radius 3 is 2.55 bits per heavy atom. The molecule has 4 aromatic rings. The second-order valence-corrected chi connectivity index (χ2v) is 8.39. The van der Waals surface area contributed by atoms with Crippen LogP contribution in [0.3, 0.4) is 0 Å². The highest BCUT2D eigenvalue weighted by Crippen LogP contribution is 2.34. The van der Waals surface area contributed by atoms with E-state index in [1.807, 2.05) is 37.3 Å². The van der Waals surface area contributed by atoms with Gasteiger partial charge in [0.25, 0.3) is 0 Å². The molecular weight excluding hydrogens is 391 g/mol. The number of hydrogen-bond acceptors (Lipinski definition) is 5. The molecule has 1 aliphatic rings. The lowest BCUT2D eigenvalue weighted by Crippen LogP contribution is -2.34. The van der Waals surface area contributed by atoms with Crippen LogP contribution in [0.25, 0.3) is 28.0 Å². The van der Waals surface area contributed by atoms with Crippen molar-refractivity contribution < 1.29 is 4.39 Å². The Morgan fingerprint density at radius 1 is 1.03 bits per heavy atom. The van der Waals surface area contributed by atoms with Gasteiger partial charge in [-0.25, -0.2) is 14.1 Å². The molecule has 2 N–H and O–H groups in total. The zero-order valence-corrected chi connectivity index (χ0v) is 17.7. The zero-order chi connectivity index (χ0) is 21.5. The smallest absolute Gasteiger partial charge is 0.228 e. The number of anilines is 2. The van der Waals surface area contributed by atoms with E-state index in [1.165, 1.54) is 12.1 Å². The maximum Gasteiger partial charge on any atom is 0.228 e. The lowest BCUT2D eigenvalue weighted by Gasteiger charge is -2.30. The number of nitrogen functional groups attached to an aromatic ring is 1. The van der Waals surface area contributed by atoms with E-state index in [9.17, 15) is 4.39 Å². The molecule has 6 nitrogen and oxygen atoms in total. The van der Waals surface area contributed by atoms with Gasteiger partial charge in [0.2, 0.25) is 5.95 Å². The molecule has 158 valence electrons. The zero-order valence-electron chi connectivity index (χ0n) is 17.7. The molecule has 2 aromatic heterocycles. The van der Waals surface area contributed by atoms with Gasteiger partial charge in [-0.1, -0.05) is 31.2 Å². The third kappa shape index (κ3) is 3.60. The number of nitrogens with two attached hydrogens (primary N) is 1. The summed E-state index contributed by atoms with van der Waals surface area (Å²) in [5.41, 5.74) is 10.3. The summed E-state index contributed by atoms with van der Waals surface area (Å²) >= 11 is 0. The SMILES string of the molecule is Cc1cccc(-n2nc3nc(N4CCC(C)CC4)nc(-c4cccc(F)c4)c3c2N)c1. The van der Waals surface area contributed by atoms with Crippen molar-refractivity contribution in [2.75, 3.05) is 23.7 Å². The third-order valence-corrected chi connectivity index (χ3v) is 5.97. The summed E-state index contributed by atoms with van der Waals surface area (Å²) in [6, 6.07) is 14.4. The van der Waals surface area contributed by atoms with Crippen LogP contribution in [0.2, 0.25) is 0 Å². The van der Waals surface area contributed by atoms with Crippen LogP contribution in [0.15, 0.2) is 48.5 Å². The van der Waals surface area contributed by atoms with E-state index in [-0.39, 0.29) is 5.82 Å². The summed E-state index contributed by atoms with van der Waals surface area (Å²) in [6.45, 7) is 6.08. The molecule has 0 bridgehead atoms. The van der Waals surface area contributed by atoms with Crippen molar-refractivity contribution in [3.8, 4) is 16.9 Å². The molecule has 31 heavy (non-hydrogen) atoms. The Bertz CT molecular complexity index is 1260. The number of rotatable bonds is 3. The Hall–Kier alpha value is -3.48. The molecule has 0 atom stereocenters. The predicted octanol–water partition coefficient (Wildman–Crippen LogP) is 4.75. The second-order valence-electron chi connectivity index (χ2n) is 8.39. The molecule has 0 saturated carbocycles. The van der Waals surface area contributed by atoms with E-state index < -0.39 is 0 Å². The van der Waals surface area contributed by atoms with Gasteiger partial charge in [-0.15, -0.1) is 5.10 Å². The minimum Gasteiger partial charge on any atom is -0.383 e. The highest BCUT2D eigenvalue weighted by molar-refractivity contribution is 5.99. The first-order valence-corrected chi connectivity index (χ1v) is 10.6. The van der Waals surface area contributed by atoms with Gasteiger partial charge in [-0.2, -0.15) is 4.98 Å². The highest BCUT2D eigenvalue weighted by atomic mass is 19.1. The van der Waals surface area contributed by atoms with Gasteiger partial charge in [0.15, 0.2) is 5.65 Å².